The van der Waals surface area contributed by atoms with Crippen molar-refractivity contribution in [1.29, 1.82) is 5.26 Å². The van der Waals surface area contributed by atoms with Gasteiger partial charge in [-0.15, -0.1) is 0 Å². The van der Waals surface area contributed by atoms with Crippen LogP contribution in [-0.4, -0.2) is 26.0 Å². The van der Waals surface area contributed by atoms with Gasteiger partial charge in [-0.3, -0.25) is 0 Å². The van der Waals surface area contributed by atoms with Crippen LogP contribution in [0.5, 0.6) is 11.5 Å². The van der Waals surface area contributed by atoms with Crippen LogP contribution in [0.2, 0.25) is 0 Å². The molecular formula is C32H25F2IN4O3. The Balaban J connectivity index is 1.48. The van der Waals surface area contributed by atoms with Gasteiger partial charge in [0.2, 0.25) is 0 Å². The zero-order chi connectivity index (χ0) is 29.6. The average molecular weight is 678 g/mol. The number of carboxylic acid groups (broad SMARTS) is 1. The summed E-state index contributed by atoms with van der Waals surface area (Å²) in [5, 5.41) is 18.6. The number of H-pyrrole nitrogens is 2. The van der Waals surface area contributed by atoms with Crippen molar-refractivity contribution >= 4 is 45.5 Å². The predicted molar refractivity (Wildman–Crippen MR) is 164 cm³/mol. The zero-order valence-electron chi connectivity index (χ0n) is 22.2. The van der Waals surface area contributed by atoms with Crippen LogP contribution in [0.1, 0.15) is 48.4 Å². The van der Waals surface area contributed by atoms with Gasteiger partial charge < -0.3 is 19.8 Å². The number of carbonyl (C=O) groups is 1. The molecule has 0 aliphatic rings. The third-order valence-electron chi connectivity index (χ3n) is 6.86. The summed E-state index contributed by atoms with van der Waals surface area (Å²) in [4.78, 5) is 21.8. The van der Waals surface area contributed by atoms with Gasteiger partial charge in [0.1, 0.15) is 17.4 Å². The first-order valence-electron chi connectivity index (χ1n) is 13.2. The second-order valence-electron chi connectivity index (χ2n) is 9.65. The maximum absolute atomic E-state index is 15.2. The third-order valence-corrected chi connectivity index (χ3v) is 7.53. The Labute approximate surface area is 254 Å². The second-order valence-corrected chi connectivity index (χ2v) is 10.9. The number of unbranched alkanes of at least 4 members (excludes halogenated alkanes) is 2. The number of hydrogen-bond acceptors (Lipinski definition) is 4. The van der Waals surface area contributed by atoms with Crippen molar-refractivity contribution in [3.8, 4) is 29.0 Å². The molecule has 0 spiro atoms. The Morgan fingerprint density at radius 2 is 2.00 bits per heavy atom. The monoisotopic (exact) mass is 678 g/mol. The number of rotatable bonds is 11. The van der Waals surface area contributed by atoms with E-state index in [0.29, 0.717) is 17.3 Å². The number of nitrogens with zero attached hydrogens (tertiary/aromatic N) is 2. The lowest BCUT2D eigenvalue weighted by Gasteiger charge is -2.16. The van der Waals surface area contributed by atoms with Crippen LogP contribution < -0.4 is 4.74 Å². The van der Waals surface area contributed by atoms with Gasteiger partial charge in [-0.05, 0) is 83.5 Å². The topological polar surface area (TPSA) is 115 Å². The molecule has 2 aromatic heterocycles. The SMILES string of the molecule is N#CCCCCC(c1cccc(I)c1)c1cnc(-c2cc(Oc3c(F)cc4[nH]ccc4c3/C=C/C(=O)O)ccc2F)[nH]1. The largest absolute Gasteiger partial charge is 0.478 e. The van der Waals surface area contributed by atoms with E-state index in [-0.39, 0.29) is 34.4 Å². The molecule has 0 fully saturated rings. The minimum Gasteiger partial charge on any atom is -0.478 e. The average Bonchev–Trinajstić information content (AvgIpc) is 3.64. The lowest BCUT2D eigenvalue weighted by molar-refractivity contribution is -0.131. The van der Waals surface area contributed by atoms with E-state index in [2.05, 4.69) is 49.7 Å². The van der Waals surface area contributed by atoms with Gasteiger partial charge in [0, 0.05) is 62.6 Å². The van der Waals surface area contributed by atoms with Gasteiger partial charge in [-0.1, -0.05) is 18.6 Å². The molecular weight excluding hydrogens is 653 g/mol. The maximum atomic E-state index is 15.2. The fraction of sp³-hybridized carbons (Fsp3) is 0.156. The van der Waals surface area contributed by atoms with Crippen molar-refractivity contribution in [3.63, 3.8) is 0 Å². The molecule has 0 saturated heterocycles. The number of aromatic nitrogens is 3. The van der Waals surface area contributed by atoms with Crippen LogP contribution in [0.3, 0.4) is 0 Å². The number of aromatic amines is 2. The number of ether oxygens (including phenoxy) is 1. The molecule has 2 heterocycles. The molecule has 5 aromatic rings. The highest BCUT2D eigenvalue weighted by molar-refractivity contribution is 14.1. The van der Waals surface area contributed by atoms with E-state index < -0.39 is 17.6 Å². The number of carboxylic acids is 1. The van der Waals surface area contributed by atoms with Crippen LogP contribution in [0, 0.1) is 26.5 Å². The van der Waals surface area contributed by atoms with E-state index in [1.807, 2.05) is 18.2 Å². The summed E-state index contributed by atoms with van der Waals surface area (Å²) in [6, 6.07) is 17.3. The normalized spacial score (nSPS) is 12.0. The number of benzene rings is 3. The summed E-state index contributed by atoms with van der Waals surface area (Å²) in [6.45, 7) is 0. The number of imidazole rings is 1. The molecule has 0 saturated carbocycles. The molecule has 3 N–H and O–H groups in total. The van der Waals surface area contributed by atoms with Crippen LogP contribution >= 0.6 is 22.6 Å². The molecule has 5 rings (SSSR count). The second kappa shape index (κ2) is 13.0. The lowest BCUT2D eigenvalue weighted by Crippen LogP contribution is -2.03. The van der Waals surface area contributed by atoms with E-state index >= 15 is 8.78 Å². The number of fused-ring (bicyclic) bond motifs is 1. The highest BCUT2D eigenvalue weighted by Crippen LogP contribution is 2.37. The molecule has 0 bridgehead atoms. The minimum absolute atomic E-state index is 0.0343. The number of halogens is 3. The molecule has 10 heteroatoms. The first kappa shape index (κ1) is 29.0. The van der Waals surface area contributed by atoms with Crippen molar-refractivity contribution in [2.45, 2.75) is 31.6 Å². The summed E-state index contributed by atoms with van der Waals surface area (Å²) in [5.41, 5.74) is 2.74. The summed E-state index contributed by atoms with van der Waals surface area (Å²) < 4.78 is 37.3. The Morgan fingerprint density at radius 3 is 2.79 bits per heavy atom. The van der Waals surface area contributed by atoms with Crippen LogP contribution in [0.25, 0.3) is 28.4 Å². The fourth-order valence-corrected chi connectivity index (χ4v) is 5.46. The van der Waals surface area contributed by atoms with Gasteiger partial charge in [0.25, 0.3) is 0 Å². The molecule has 7 nitrogen and oxygen atoms in total. The number of hydrogen-bond donors (Lipinski definition) is 3. The molecule has 0 aliphatic heterocycles. The molecule has 42 heavy (non-hydrogen) atoms. The molecule has 212 valence electrons. The third kappa shape index (κ3) is 6.52. The Morgan fingerprint density at radius 1 is 1.14 bits per heavy atom. The summed E-state index contributed by atoms with van der Waals surface area (Å²) in [6.07, 6.45) is 8.35. The molecule has 0 aliphatic carbocycles. The van der Waals surface area contributed by atoms with E-state index in [1.165, 1.54) is 30.3 Å². The van der Waals surface area contributed by atoms with Gasteiger partial charge in [0.15, 0.2) is 11.6 Å². The smallest absolute Gasteiger partial charge is 0.328 e. The summed E-state index contributed by atoms with van der Waals surface area (Å²) in [7, 11) is 0. The quantitative estimate of drug-likeness (QED) is 0.0736. The fourth-order valence-electron chi connectivity index (χ4n) is 4.90. The molecule has 3 aromatic carbocycles. The molecule has 1 atom stereocenters. The number of nitriles is 1. The standard InChI is InChI=1S/C32H25F2IN4O3/c33-26-10-8-21(42-31-24(9-11-30(40)41)23-12-14-37-28(23)17-27(31)34)16-25(26)32-38-18-29(39-32)22(7-2-1-3-13-36)19-5-4-6-20(35)15-19/h4-6,8-12,14-18,22,37H,1-3,7H2,(H,38,39)(H,40,41)/b11-9+. The minimum atomic E-state index is -1.19. The van der Waals surface area contributed by atoms with E-state index in [9.17, 15) is 4.79 Å². The maximum Gasteiger partial charge on any atom is 0.328 e. The predicted octanol–water partition coefficient (Wildman–Crippen LogP) is 8.55. The van der Waals surface area contributed by atoms with Crippen molar-refractivity contribution < 1.29 is 23.4 Å². The van der Waals surface area contributed by atoms with Crippen LogP contribution in [-0.2, 0) is 4.79 Å². The Hall–Kier alpha value is -4.50. The Kier molecular flexibility index (Phi) is 8.97. The molecule has 0 radical (unpaired) electrons. The van der Waals surface area contributed by atoms with E-state index in [4.69, 9.17) is 15.1 Å². The van der Waals surface area contributed by atoms with Gasteiger partial charge in [-0.2, -0.15) is 5.26 Å². The highest BCUT2D eigenvalue weighted by atomic mass is 127. The van der Waals surface area contributed by atoms with Crippen LogP contribution in [0.4, 0.5) is 8.78 Å². The zero-order valence-corrected chi connectivity index (χ0v) is 24.4. The van der Waals surface area contributed by atoms with Crippen molar-refractivity contribution in [2.75, 3.05) is 0 Å². The van der Waals surface area contributed by atoms with Gasteiger partial charge in [0.05, 0.1) is 11.6 Å². The lowest BCUT2D eigenvalue weighted by atomic mass is 9.91. The van der Waals surface area contributed by atoms with E-state index in [0.717, 1.165) is 40.2 Å². The van der Waals surface area contributed by atoms with Crippen molar-refractivity contribution in [2.24, 2.45) is 0 Å². The first-order chi connectivity index (χ1) is 20.3. The van der Waals surface area contributed by atoms with Crippen molar-refractivity contribution in [3.05, 3.63) is 105 Å². The Bertz CT molecular complexity index is 1820. The van der Waals surface area contributed by atoms with Gasteiger partial charge >= 0.3 is 5.97 Å². The first-order valence-corrected chi connectivity index (χ1v) is 14.3. The summed E-state index contributed by atoms with van der Waals surface area (Å²) in [5.74, 6) is -2.24. The van der Waals surface area contributed by atoms with E-state index in [1.54, 1.807) is 18.5 Å². The highest BCUT2D eigenvalue weighted by Gasteiger charge is 2.20. The van der Waals surface area contributed by atoms with Crippen LogP contribution in [0.15, 0.2) is 73.1 Å². The van der Waals surface area contributed by atoms with Crippen molar-refractivity contribution in [1.82, 2.24) is 15.0 Å². The molecule has 0 amide bonds. The number of nitrogens with one attached hydrogen (secondary N) is 2. The number of aliphatic carboxylic acids is 1. The van der Waals surface area contributed by atoms with Gasteiger partial charge in [-0.25, -0.2) is 18.6 Å². The summed E-state index contributed by atoms with van der Waals surface area (Å²) >= 11 is 2.26. The molecule has 1 unspecified atom stereocenters.